The normalized spacial score (nSPS) is 11.8. The fourth-order valence-electron chi connectivity index (χ4n) is 8.76. The summed E-state index contributed by atoms with van der Waals surface area (Å²) in [5.41, 5.74) is 23.3. The fraction of sp³-hybridized carbons (Fsp3) is 0.120. The second-order valence-electron chi connectivity index (χ2n) is 14.6. The van der Waals surface area contributed by atoms with E-state index in [4.69, 9.17) is 0 Å². The van der Waals surface area contributed by atoms with Gasteiger partial charge < -0.3 is 0 Å². The molecular weight excluding hydrogens is 601 g/mol. The topological polar surface area (TPSA) is 0 Å². The van der Waals surface area contributed by atoms with E-state index in [-0.39, 0.29) is 0 Å². The van der Waals surface area contributed by atoms with Crippen molar-refractivity contribution in [3.05, 3.63) is 167 Å². The Morgan fingerprint density at radius 3 is 1.36 bits per heavy atom. The number of hydrogen-bond donors (Lipinski definition) is 0. The third kappa shape index (κ3) is 4.82. The lowest BCUT2D eigenvalue weighted by molar-refractivity contribution is 1.38. The van der Waals surface area contributed by atoms with E-state index in [1.807, 2.05) is 0 Å². The molecule has 0 aliphatic heterocycles. The summed E-state index contributed by atoms with van der Waals surface area (Å²) < 4.78 is 0. The molecule has 0 amide bonds. The van der Waals surface area contributed by atoms with Gasteiger partial charge in [-0.1, -0.05) is 161 Å². The van der Waals surface area contributed by atoms with Crippen LogP contribution >= 0.6 is 0 Å². The molecule has 0 saturated heterocycles. The van der Waals surface area contributed by atoms with Gasteiger partial charge in [0, 0.05) is 0 Å². The van der Waals surface area contributed by atoms with Gasteiger partial charge in [0.25, 0.3) is 0 Å². The van der Waals surface area contributed by atoms with Crippen molar-refractivity contribution in [3.63, 3.8) is 0 Å². The van der Waals surface area contributed by atoms with Gasteiger partial charge in [-0.05, 0) is 136 Å². The minimum atomic E-state index is 1.24. The van der Waals surface area contributed by atoms with Crippen LogP contribution in [-0.4, -0.2) is 0 Å². The standard InChI is InChI=1S/C50H40/c1-29-10-7-12-35(22-29)36-16-17-42-45(28-36)47(39-26-33(5)21-34(6)27-39)49-43-15-9-14-41-40(37-13-8-11-30(2)23-37)18-19-44(48(41)43)50(49)46(42)38-24-31(3)20-32(4)25-38/h7-28H,1-6H3. The Hall–Kier alpha value is -5.72. The minimum absolute atomic E-state index is 1.24. The van der Waals surface area contributed by atoms with Gasteiger partial charge in [0.2, 0.25) is 0 Å². The van der Waals surface area contributed by atoms with Gasteiger partial charge in [0.1, 0.15) is 0 Å². The molecule has 0 spiro atoms. The SMILES string of the molecule is Cc1cccc(-c2ccc3c(-c4cc(C)cc(C)c4)c4c(c(-c5cc(C)cc(C)c5)c3c2)-c2cccc3c(-c5cccc(C)c5)ccc-4c23)c1. The molecule has 8 aromatic rings. The van der Waals surface area contributed by atoms with Gasteiger partial charge in [0.05, 0.1) is 0 Å². The Labute approximate surface area is 295 Å². The number of rotatable bonds is 4. The summed E-state index contributed by atoms with van der Waals surface area (Å²) in [6.45, 7) is 13.3. The van der Waals surface area contributed by atoms with Crippen molar-refractivity contribution in [2.24, 2.45) is 0 Å². The molecule has 0 nitrogen and oxygen atoms in total. The summed E-state index contributed by atoms with van der Waals surface area (Å²) in [6.07, 6.45) is 0. The van der Waals surface area contributed by atoms with E-state index in [1.165, 1.54) is 122 Å². The van der Waals surface area contributed by atoms with Gasteiger partial charge in [-0.2, -0.15) is 0 Å². The van der Waals surface area contributed by atoms with Crippen molar-refractivity contribution < 1.29 is 0 Å². The van der Waals surface area contributed by atoms with E-state index in [0.29, 0.717) is 0 Å². The van der Waals surface area contributed by atoms with Crippen LogP contribution in [0.2, 0.25) is 0 Å². The van der Waals surface area contributed by atoms with Crippen molar-refractivity contribution in [1.29, 1.82) is 0 Å². The van der Waals surface area contributed by atoms with Gasteiger partial charge in [0.15, 0.2) is 0 Å². The average Bonchev–Trinajstić information content (AvgIpc) is 3.41. The predicted octanol–water partition coefficient (Wildman–Crippen LogP) is 14.2. The van der Waals surface area contributed by atoms with E-state index in [1.54, 1.807) is 0 Å². The van der Waals surface area contributed by atoms with Gasteiger partial charge >= 0.3 is 0 Å². The number of aryl methyl sites for hydroxylation is 6. The zero-order valence-electron chi connectivity index (χ0n) is 29.7. The lowest BCUT2D eigenvalue weighted by atomic mass is 9.81. The third-order valence-electron chi connectivity index (χ3n) is 10.6. The van der Waals surface area contributed by atoms with E-state index >= 15 is 0 Å². The Bertz CT molecular complexity index is 2660. The second-order valence-corrected chi connectivity index (χ2v) is 14.6. The molecule has 0 aromatic heterocycles. The minimum Gasteiger partial charge on any atom is -0.0614 e. The maximum absolute atomic E-state index is 2.46. The summed E-state index contributed by atoms with van der Waals surface area (Å²) in [5.74, 6) is 0. The first kappa shape index (κ1) is 30.3. The number of hydrogen-bond acceptors (Lipinski definition) is 0. The molecule has 50 heavy (non-hydrogen) atoms. The highest BCUT2D eigenvalue weighted by Gasteiger charge is 2.31. The van der Waals surface area contributed by atoms with E-state index in [0.717, 1.165) is 0 Å². The quantitative estimate of drug-likeness (QED) is 0.180. The summed E-state index contributed by atoms with van der Waals surface area (Å²) in [7, 11) is 0. The molecule has 0 saturated carbocycles. The molecule has 9 rings (SSSR count). The lowest BCUT2D eigenvalue weighted by Crippen LogP contribution is -1.96. The second kappa shape index (κ2) is 11.4. The molecule has 1 aliphatic rings. The summed E-state index contributed by atoms with van der Waals surface area (Å²) in [4.78, 5) is 0. The first-order valence-electron chi connectivity index (χ1n) is 17.7. The first-order chi connectivity index (χ1) is 24.2. The van der Waals surface area contributed by atoms with Crippen LogP contribution < -0.4 is 0 Å². The van der Waals surface area contributed by atoms with Crippen LogP contribution in [0.25, 0.3) is 88.3 Å². The maximum Gasteiger partial charge on any atom is -0.000741 e. The third-order valence-corrected chi connectivity index (χ3v) is 10.6. The molecule has 240 valence electrons. The van der Waals surface area contributed by atoms with Crippen molar-refractivity contribution in [1.82, 2.24) is 0 Å². The van der Waals surface area contributed by atoms with E-state index < -0.39 is 0 Å². The van der Waals surface area contributed by atoms with Crippen LogP contribution in [-0.2, 0) is 0 Å². The van der Waals surface area contributed by atoms with Crippen LogP contribution in [0.5, 0.6) is 0 Å². The summed E-state index contributed by atoms with van der Waals surface area (Å²) >= 11 is 0. The molecule has 0 bridgehead atoms. The zero-order valence-corrected chi connectivity index (χ0v) is 29.7. The van der Waals surface area contributed by atoms with E-state index in [2.05, 4.69) is 175 Å². The lowest BCUT2D eigenvalue weighted by Gasteiger charge is -2.22. The van der Waals surface area contributed by atoms with E-state index in [9.17, 15) is 0 Å². The Morgan fingerprint density at radius 1 is 0.260 bits per heavy atom. The molecule has 0 fully saturated rings. The number of benzene rings is 8. The highest BCUT2D eigenvalue weighted by molar-refractivity contribution is 6.29. The van der Waals surface area contributed by atoms with Gasteiger partial charge in [-0.3, -0.25) is 0 Å². The average molecular weight is 641 g/mol. The molecule has 1 aliphatic carbocycles. The largest absolute Gasteiger partial charge is 0.0614 e. The predicted molar refractivity (Wildman–Crippen MR) is 216 cm³/mol. The summed E-state index contributed by atoms with van der Waals surface area (Å²) in [5, 5.41) is 5.25. The summed E-state index contributed by atoms with van der Waals surface area (Å²) in [6, 6.07) is 50.9. The van der Waals surface area contributed by atoms with Crippen molar-refractivity contribution >= 4 is 21.5 Å². The highest BCUT2D eigenvalue weighted by Crippen LogP contribution is 2.59. The number of fused-ring (bicyclic) bond motifs is 4. The molecule has 0 heteroatoms. The molecule has 0 unspecified atom stereocenters. The molecule has 0 atom stereocenters. The Morgan fingerprint density at radius 2 is 0.740 bits per heavy atom. The van der Waals surface area contributed by atoms with Crippen molar-refractivity contribution in [2.75, 3.05) is 0 Å². The first-order valence-corrected chi connectivity index (χ1v) is 17.7. The Kier molecular flexibility index (Phi) is 6.94. The van der Waals surface area contributed by atoms with Crippen LogP contribution in [0.1, 0.15) is 33.4 Å². The molecule has 0 radical (unpaired) electrons. The van der Waals surface area contributed by atoms with Crippen molar-refractivity contribution in [2.45, 2.75) is 41.5 Å². The molecule has 0 N–H and O–H groups in total. The van der Waals surface area contributed by atoms with Crippen LogP contribution in [0, 0.1) is 41.5 Å². The van der Waals surface area contributed by atoms with Crippen LogP contribution in [0.4, 0.5) is 0 Å². The molecule has 0 heterocycles. The van der Waals surface area contributed by atoms with Gasteiger partial charge in [-0.25, -0.2) is 0 Å². The van der Waals surface area contributed by atoms with Crippen LogP contribution in [0.15, 0.2) is 133 Å². The molecule has 8 aromatic carbocycles. The monoisotopic (exact) mass is 640 g/mol. The Balaban J connectivity index is 1.49. The zero-order chi connectivity index (χ0) is 34.3. The van der Waals surface area contributed by atoms with Gasteiger partial charge in [-0.15, -0.1) is 0 Å². The molecular formula is C50H40. The fourth-order valence-corrected chi connectivity index (χ4v) is 8.76. The highest BCUT2D eigenvalue weighted by atomic mass is 14.3. The maximum atomic E-state index is 2.46. The smallest absolute Gasteiger partial charge is 0.000741 e. The van der Waals surface area contributed by atoms with Crippen LogP contribution in [0.3, 0.4) is 0 Å². The van der Waals surface area contributed by atoms with Crippen molar-refractivity contribution in [3.8, 4) is 66.8 Å².